The Morgan fingerprint density at radius 3 is 2.39 bits per heavy atom. The van der Waals surface area contributed by atoms with E-state index in [-0.39, 0.29) is 56.2 Å². The summed E-state index contributed by atoms with van der Waals surface area (Å²) in [6.07, 6.45) is 20.2. The van der Waals surface area contributed by atoms with Gasteiger partial charge in [0, 0.05) is 63.7 Å². The Morgan fingerprint density at radius 2 is 1.66 bits per heavy atom. The van der Waals surface area contributed by atoms with Crippen molar-refractivity contribution in [1.29, 1.82) is 0 Å². The first-order valence-corrected chi connectivity index (χ1v) is 24.6. The van der Waals surface area contributed by atoms with Crippen LogP contribution < -0.4 is 18.9 Å². The summed E-state index contributed by atoms with van der Waals surface area (Å²) in [7, 11) is 1.59. The van der Waals surface area contributed by atoms with E-state index >= 15 is 4.79 Å². The highest BCUT2D eigenvalue weighted by Gasteiger charge is 2.65. The molecule has 6 atom stereocenters. The molecule has 3 heterocycles. The van der Waals surface area contributed by atoms with Gasteiger partial charge in [0.15, 0.2) is 11.5 Å². The number of rotatable bonds is 29. The normalized spacial score (nSPS) is 24.7. The van der Waals surface area contributed by atoms with Crippen LogP contribution in [0.3, 0.4) is 0 Å². The molecule has 0 radical (unpaired) electrons. The van der Waals surface area contributed by atoms with Crippen molar-refractivity contribution in [3.8, 4) is 23.0 Å². The predicted molar refractivity (Wildman–Crippen MR) is 249 cm³/mol. The van der Waals surface area contributed by atoms with E-state index in [0.717, 1.165) is 105 Å². The van der Waals surface area contributed by atoms with Crippen LogP contribution in [0.4, 0.5) is 0 Å². The molecule has 0 bridgehead atoms. The fourth-order valence-electron chi connectivity index (χ4n) is 10.8. The van der Waals surface area contributed by atoms with Crippen LogP contribution in [0, 0.1) is 17.8 Å². The van der Waals surface area contributed by atoms with Gasteiger partial charge in [-0.15, -0.1) is 6.58 Å². The molecule has 5 aliphatic rings. The highest BCUT2D eigenvalue weighted by atomic mass is 16.7. The van der Waals surface area contributed by atoms with Crippen LogP contribution in [-0.4, -0.2) is 103 Å². The first-order chi connectivity index (χ1) is 31.4. The number of benzene rings is 2. The molecule has 64 heavy (non-hydrogen) atoms. The molecule has 6 unspecified atom stereocenters. The van der Waals surface area contributed by atoms with E-state index in [1.165, 1.54) is 38.5 Å². The minimum absolute atomic E-state index is 0.0367. The highest BCUT2D eigenvalue weighted by Crippen LogP contribution is 2.62. The summed E-state index contributed by atoms with van der Waals surface area (Å²) in [5.74, 6) is 1.35. The van der Waals surface area contributed by atoms with Gasteiger partial charge >= 0.3 is 0 Å². The molecule has 2 fully saturated rings. The highest BCUT2D eigenvalue weighted by molar-refractivity contribution is 6.03. The van der Waals surface area contributed by atoms with E-state index in [9.17, 15) is 10.2 Å². The Labute approximate surface area is 381 Å². The summed E-state index contributed by atoms with van der Waals surface area (Å²) in [6.45, 7) is 11.0. The average molecular weight is 886 g/mol. The van der Waals surface area contributed by atoms with E-state index in [4.69, 9.17) is 33.7 Å². The lowest BCUT2D eigenvalue weighted by molar-refractivity contribution is -0.258. The SMILES string of the molecule is C=CCOC12Oc3ccc(OCCN4CC4)cc3C3C(CCCCO)C(CCCCO)C=C(C(=NOC)CC1N(Cc1ccc4c(c1)OCO4)C(=O)CCCCCCCCCCC)C32. The van der Waals surface area contributed by atoms with Crippen molar-refractivity contribution < 1.29 is 43.5 Å². The molecule has 12 heteroatoms. The molecule has 2 aromatic carbocycles. The largest absolute Gasteiger partial charge is 0.492 e. The second-order valence-electron chi connectivity index (χ2n) is 18.4. The Balaban J connectivity index is 1.31. The number of allylic oxidation sites excluding steroid dienone is 1. The molecule has 0 spiro atoms. The molecule has 2 aromatic rings. The number of hydrogen-bond donors (Lipinski definition) is 2. The third kappa shape index (κ3) is 11.6. The molecule has 1 saturated heterocycles. The number of carbonyl (C=O) groups excluding carboxylic acids is 1. The smallest absolute Gasteiger partial charge is 0.239 e. The van der Waals surface area contributed by atoms with Crippen LogP contribution in [0.15, 0.2) is 65.9 Å². The fourth-order valence-corrected chi connectivity index (χ4v) is 10.8. The third-order valence-electron chi connectivity index (χ3n) is 14.0. The lowest BCUT2D eigenvalue weighted by Crippen LogP contribution is -2.70. The number of carbonyl (C=O) groups is 1. The van der Waals surface area contributed by atoms with E-state index in [1.807, 2.05) is 35.2 Å². The van der Waals surface area contributed by atoms with Gasteiger partial charge in [0.25, 0.3) is 0 Å². The number of hydrogen-bond acceptors (Lipinski definition) is 11. The molecule has 1 saturated carbocycles. The van der Waals surface area contributed by atoms with Crippen LogP contribution >= 0.6 is 0 Å². The first-order valence-electron chi connectivity index (χ1n) is 24.6. The molecule has 2 aliphatic carbocycles. The van der Waals surface area contributed by atoms with E-state index in [0.29, 0.717) is 43.9 Å². The second-order valence-corrected chi connectivity index (χ2v) is 18.4. The van der Waals surface area contributed by atoms with Gasteiger partial charge in [-0.25, -0.2) is 0 Å². The zero-order chi connectivity index (χ0) is 44.7. The second kappa shape index (κ2) is 23.9. The van der Waals surface area contributed by atoms with Gasteiger partial charge in [-0.3, -0.25) is 9.69 Å². The standard InChI is InChI=1S/C52H75N3O9/c1-4-6-7-8-9-10-11-12-13-20-49(58)55(36-38-21-23-46-47(32-38)62-37-61-46)48-35-44(53-59-3)42-33-39(18-14-16-28-56)41(19-15-17-29-57)50-43-34-40(60-31-27-54-25-26-54)22-24-45(43)64-52(48,51(42)50)63-30-5-2/h5,21-24,32-34,39,41,48,50-51,56-57H,2,4,6-20,25-31,35-37H2,1,3H3. The first kappa shape index (κ1) is 47.9. The summed E-state index contributed by atoms with van der Waals surface area (Å²) < 4.78 is 32.6. The molecule has 7 rings (SSSR count). The Bertz CT molecular complexity index is 1880. The van der Waals surface area contributed by atoms with Crippen molar-refractivity contribution in [2.24, 2.45) is 22.9 Å². The van der Waals surface area contributed by atoms with E-state index in [2.05, 4.69) is 30.5 Å². The van der Waals surface area contributed by atoms with Crippen molar-refractivity contribution in [3.63, 3.8) is 0 Å². The van der Waals surface area contributed by atoms with Crippen LogP contribution in [0.25, 0.3) is 0 Å². The molecule has 12 nitrogen and oxygen atoms in total. The maximum Gasteiger partial charge on any atom is 0.239 e. The van der Waals surface area contributed by atoms with Gasteiger partial charge in [-0.05, 0) is 85.4 Å². The predicted octanol–water partition coefficient (Wildman–Crippen LogP) is 9.32. The Kier molecular flexibility index (Phi) is 17.9. The molecular formula is C52H75N3O9. The lowest BCUT2D eigenvalue weighted by atomic mass is 9.55. The molecule has 3 aliphatic heterocycles. The number of aliphatic hydroxyl groups is 2. The van der Waals surface area contributed by atoms with Crippen LogP contribution in [-0.2, 0) is 20.9 Å². The number of nitrogens with zero attached hydrogens (tertiary/aromatic N) is 3. The summed E-state index contributed by atoms with van der Waals surface area (Å²) in [6, 6.07) is 11.5. The number of aliphatic hydroxyl groups excluding tert-OH is 2. The number of unbranched alkanes of at least 4 members (excludes halogenated alkanes) is 10. The van der Waals surface area contributed by atoms with Crippen molar-refractivity contribution in [3.05, 3.63) is 71.8 Å². The molecule has 1 amide bonds. The zero-order valence-corrected chi connectivity index (χ0v) is 38.7. The number of oxime groups is 1. The van der Waals surface area contributed by atoms with Gasteiger partial charge in [0.05, 0.1) is 18.2 Å². The van der Waals surface area contributed by atoms with Crippen LogP contribution in [0.1, 0.15) is 133 Å². The van der Waals surface area contributed by atoms with Gasteiger partial charge < -0.3 is 43.6 Å². The van der Waals surface area contributed by atoms with E-state index in [1.54, 1.807) is 13.2 Å². The van der Waals surface area contributed by atoms with Crippen LogP contribution in [0.2, 0.25) is 0 Å². The van der Waals surface area contributed by atoms with Crippen molar-refractivity contribution in [1.82, 2.24) is 9.80 Å². The Morgan fingerprint density at radius 1 is 0.922 bits per heavy atom. The van der Waals surface area contributed by atoms with Gasteiger partial charge in [0.1, 0.15) is 31.3 Å². The summed E-state index contributed by atoms with van der Waals surface area (Å²) in [4.78, 5) is 25.2. The van der Waals surface area contributed by atoms with Gasteiger partial charge in [0.2, 0.25) is 18.5 Å². The third-order valence-corrected chi connectivity index (χ3v) is 14.0. The topological polar surface area (TPSA) is 132 Å². The lowest BCUT2D eigenvalue weighted by Gasteiger charge is -2.60. The van der Waals surface area contributed by atoms with Crippen molar-refractivity contribution in [2.45, 2.75) is 140 Å². The maximum absolute atomic E-state index is 15.2. The summed E-state index contributed by atoms with van der Waals surface area (Å²) in [5, 5.41) is 24.7. The minimum atomic E-state index is -1.33. The fraction of sp³-hybridized carbons (Fsp3) is 0.654. The minimum Gasteiger partial charge on any atom is -0.492 e. The summed E-state index contributed by atoms with van der Waals surface area (Å²) >= 11 is 0. The van der Waals surface area contributed by atoms with E-state index < -0.39 is 11.8 Å². The molecular weight excluding hydrogens is 811 g/mol. The summed E-state index contributed by atoms with van der Waals surface area (Å²) in [5.41, 5.74) is 3.78. The van der Waals surface area contributed by atoms with Crippen molar-refractivity contribution in [2.75, 3.05) is 60.0 Å². The molecule has 352 valence electrons. The van der Waals surface area contributed by atoms with Gasteiger partial charge in [-0.1, -0.05) is 94.5 Å². The van der Waals surface area contributed by atoms with Gasteiger partial charge in [-0.2, -0.15) is 0 Å². The number of amides is 1. The monoisotopic (exact) mass is 886 g/mol. The number of fused-ring (bicyclic) bond motifs is 3. The zero-order valence-electron chi connectivity index (χ0n) is 38.7. The van der Waals surface area contributed by atoms with Crippen LogP contribution in [0.5, 0.6) is 23.0 Å². The Hall–Kier alpha value is -4.10. The maximum atomic E-state index is 15.2. The molecule has 2 N–H and O–H groups in total. The van der Waals surface area contributed by atoms with Crippen molar-refractivity contribution >= 4 is 11.6 Å². The number of ether oxygens (including phenoxy) is 5. The molecule has 0 aromatic heterocycles. The quantitative estimate of drug-likeness (QED) is 0.0353. The average Bonchev–Trinajstić information content (AvgIpc) is 4.01.